The number of nitrogens with one attached hydrogen (secondary N) is 18. The lowest BCUT2D eigenvalue weighted by Crippen LogP contribution is -2.62. The first-order valence-corrected chi connectivity index (χ1v) is 40.3. The third-order valence-electron chi connectivity index (χ3n) is 21.6. The average molecular weight is 1640 g/mol. The molecule has 0 aliphatic carbocycles. The van der Waals surface area contributed by atoms with Crippen LogP contribution in [0.15, 0.2) is 165 Å². The van der Waals surface area contributed by atoms with Crippen LogP contribution in [-0.4, -0.2) is 184 Å². The number of fused-ring (bicyclic) bond motifs is 5. The monoisotopic (exact) mass is 1640 g/mol. The summed E-state index contributed by atoms with van der Waals surface area (Å²) in [5.41, 5.74) is 19.4. The topological polar surface area (TPSA) is 524 Å². The van der Waals surface area contributed by atoms with Gasteiger partial charge in [0.25, 0.3) is 0 Å². The van der Waals surface area contributed by atoms with Crippen molar-refractivity contribution in [1.82, 2.24) is 93.4 Å². The van der Waals surface area contributed by atoms with Crippen LogP contribution in [0.3, 0.4) is 0 Å². The van der Waals surface area contributed by atoms with Gasteiger partial charge in [0.2, 0.25) is 59.1 Å². The van der Waals surface area contributed by atoms with Gasteiger partial charge in [-0.2, -0.15) is 0 Å². The molecule has 11 atom stereocenters. The number of para-hydroxylation sites is 5. The van der Waals surface area contributed by atoms with Crippen molar-refractivity contribution in [2.24, 2.45) is 35.1 Å². The quantitative estimate of drug-likeness (QED) is 0.0140. The van der Waals surface area contributed by atoms with Gasteiger partial charge in [-0.3, -0.25) is 53.4 Å². The van der Waals surface area contributed by atoms with Gasteiger partial charge < -0.3 is 105 Å². The molecule has 0 bridgehead atoms. The second kappa shape index (κ2) is 40.0. The van der Waals surface area contributed by atoms with Crippen molar-refractivity contribution in [3.05, 3.63) is 198 Å². The van der Waals surface area contributed by atoms with Crippen LogP contribution in [0.2, 0.25) is 0 Å². The molecule has 120 heavy (non-hydrogen) atoms. The number of amides is 10. The van der Waals surface area contributed by atoms with Gasteiger partial charge in [0.05, 0.1) is 18.1 Å². The molecule has 6 heterocycles. The van der Waals surface area contributed by atoms with Gasteiger partial charge in [0.1, 0.15) is 60.4 Å². The SMILES string of the molecule is CC(C)[C@H](NC(=O)[C@H](Cc1c[nH]c2ccccc12)NC(=O)[C@H](Cc1c[nH]c2ccccc12)NC(=O)[C@@H](NC(=O)[C@H](Cc1c[nH]cn1)NC(=O)[C@@H](NC(=O)[C@@H](NC(=O)[C@H](CCCNC(=N)N)NC(=O)[C@@H](N)Cc1c[nH]c2ccccc12)C(C)C)C(C)C)C(C)C)C(=O)N[C@@H](Cc1c[nH]c2ccccc12)C(=O)N[C@@H](Cc1c[nH]c2ccccc12)C(=O)O. The van der Waals surface area contributed by atoms with E-state index < -0.39 is 155 Å². The summed E-state index contributed by atoms with van der Waals surface area (Å²) in [5, 5.41) is 52.9. The second-order valence-corrected chi connectivity index (χ2v) is 31.8. The summed E-state index contributed by atoms with van der Waals surface area (Å²) in [6.07, 6.45) is 11.1. The molecule has 33 nitrogen and oxygen atoms in total. The molecule has 33 heteroatoms. The van der Waals surface area contributed by atoms with Crippen molar-refractivity contribution >= 4 is 126 Å². The third-order valence-corrected chi connectivity index (χ3v) is 21.6. The van der Waals surface area contributed by atoms with Gasteiger partial charge in [-0.15, -0.1) is 0 Å². The molecule has 11 aromatic rings. The summed E-state index contributed by atoms with van der Waals surface area (Å²) < 4.78 is 0. The standard InChI is InChI=1S/C87H107N21O12/c1-45(2)72(82(115)102-68(34-51-40-95-63-27-16-11-22-57(51)63)79(112)104-71(86(119)120)36-53-42-97-65-29-18-13-24-59(53)65)106-80(113)69(35-52-41-96-64-28-17-12-23-58(52)64)100-78(111)67(33-50-39-94-62-26-15-10-21-56(50)62)101-83(116)73(46(3)4)107-81(114)70(37-54-43-91-44-98-54)103-84(117)74(47(5)6)108-85(118)75(48(7)8)105-77(110)66(30-19-31-92-87(89)90)99-76(109)60(88)32-49-38-93-61-25-14-9-20-55(49)61/h9-18,20-29,38-48,60,66-75,93-97H,19,30-37,88H2,1-8H3,(H,91,98)(H,99,109)(H,100,111)(H,101,116)(H,102,115)(H,103,117)(H,104,112)(H,105,110)(H,106,113)(H,107,114)(H,108,118)(H,119,120)(H4,89,90,92)/t60-,66-,67-,68-,69-,70-,71-,72-,73-,74-,75-/m0/s1. The van der Waals surface area contributed by atoms with E-state index in [1.807, 2.05) is 121 Å². The lowest BCUT2D eigenvalue weighted by atomic mass is 9.97. The Bertz CT molecular complexity index is 5480. The number of guanidine groups is 1. The number of nitrogens with zero attached hydrogens (tertiary/aromatic N) is 1. The number of hydrogen-bond donors (Lipinski definition) is 21. The van der Waals surface area contributed by atoms with Crippen molar-refractivity contribution in [2.75, 3.05) is 6.54 Å². The number of carboxylic acids is 1. The number of benzene rings is 5. The number of rotatable bonds is 41. The molecule has 10 amide bonds. The number of imidazole rings is 1. The Morgan fingerprint density at radius 1 is 0.358 bits per heavy atom. The van der Waals surface area contributed by atoms with Crippen molar-refractivity contribution in [3.8, 4) is 0 Å². The van der Waals surface area contributed by atoms with Crippen LogP contribution < -0.4 is 70.0 Å². The number of H-pyrrole nitrogens is 6. The summed E-state index contributed by atoms with van der Waals surface area (Å²) in [7, 11) is 0. The molecule has 11 rings (SSSR count). The first-order chi connectivity index (χ1) is 57.5. The van der Waals surface area contributed by atoms with Crippen LogP contribution in [0.4, 0.5) is 0 Å². The number of aromatic amines is 6. The van der Waals surface area contributed by atoms with Gasteiger partial charge in [0, 0.05) is 130 Å². The molecule has 6 aromatic heterocycles. The Morgan fingerprint density at radius 3 is 0.958 bits per heavy atom. The maximum Gasteiger partial charge on any atom is 0.326 e. The highest BCUT2D eigenvalue weighted by molar-refractivity contribution is 6.01. The van der Waals surface area contributed by atoms with Crippen LogP contribution in [0.5, 0.6) is 0 Å². The Kier molecular flexibility index (Phi) is 29.1. The number of hydrogen-bond acceptors (Lipinski definition) is 14. The minimum Gasteiger partial charge on any atom is -0.480 e. The zero-order valence-corrected chi connectivity index (χ0v) is 68.2. The van der Waals surface area contributed by atoms with Crippen LogP contribution in [-0.2, 0) is 91.3 Å². The largest absolute Gasteiger partial charge is 0.480 e. The number of nitrogens with two attached hydrogens (primary N) is 2. The molecule has 0 unspecified atom stereocenters. The maximum absolute atomic E-state index is 15.6. The molecular formula is C87H107N21O12. The van der Waals surface area contributed by atoms with Gasteiger partial charge in [-0.1, -0.05) is 146 Å². The molecule has 0 fully saturated rings. The third kappa shape index (κ3) is 22.2. The predicted octanol–water partition coefficient (Wildman–Crippen LogP) is 4.72. The highest BCUT2D eigenvalue weighted by Crippen LogP contribution is 2.26. The summed E-state index contributed by atoms with van der Waals surface area (Å²) in [5.74, 6) is -12.2. The fourth-order valence-corrected chi connectivity index (χ4v) is 14.9. The summed E-state index contributed by atoms with van der Waals surface area (Å²) in [6.45, 7) is 13.6. The number of carbonyl (C=O) groups excluding carboxylic acids is 10. The van der Waals surface area contributed by atoms with E-state index in [1.165, 1.54) is 12.5 Å². The van der Waals surface area contributed by atoms with Crippen molar-refractivity contribution in [3.63, 3.8) is 0 Å². The molecule has 632 valence electrons. The van der Waals surface area contributed by atoms with Crippen LogP contribution >= 0.6 is 0 Å². The van der Waals surface area contributed by atoms with Gasteiger partial charge in [-0.25, -0.2) is 9.78 Å². The highest BCUT2D eigenvalue weighted by atomic mass is 16.4. The van der Waals surface area contributed by atoms with Crippen molar-refractivity contribution in [1.29, 1.82) is 5.41 Å². The number of aromatic nitrogens is 7. The smallest absolute Gasteiger partial charge is 0.326 e. The van der Waals surface area contributed by atoms with E-state index in [0.29, 0.717) is 49.8 Å². The molecule has 0 saturated heterocycles. The summed E-state index contributed by atoms with van der Waals surface area (Å²) in [4.78, 5) is 185. The average Bonchev–Trinajstić information content (AvgIpc) is 1.59. The number of carbonyl (C=O) groups is 11. The molecule has 0 aliphatic heterocycles. The van der Waals surface area contributed by atoms with E-state index in [9.17, 15) is 33.9 Å². The molecular weight excluding hydrogens is 1530 g/mol. The maximum atomic E-state index is 15.6. The Morgan fingerprint density at radius 2 is 0.633 bits per heavy atom. The Labute approximate surface area is 692 Å². The van der Waals surface area contributed by atoms with Gasteiger partial charge in [-0.05, 0) is 101 Å². The lowest BCUT2D eigenvalue weighted by molar-refractivity contribution is -0.142. The fourth-order valence-electron chi connectivity index (χ4n) is 14.9. The lowest BCUT2D eigenvalue weighted by Gasteiger charge is -2.30. The van der Waals surface area contributed by atoms with E-state index in [0.717, 1.165) is 38.3 Å². The molecule has 0 aliphatic rings. The van der Waals surface area contributed by atoms with Crippen molar-refractivity contribution in [2.45, 2.75) is 173 Å². The fraction of sp³-hybridized carbons (Fsp3) is 0.368. The van der Waals surface area contributed by atoms with Crippen molar-refractivity contribution < 1.29 is 57.8 Å². The minimum absolute atomic E-state index is 0.0394. The zero-order valence-electron chi connectivity index (χ0n) is 68.2. The van der Waals surface area contributed by atoms with E-state index in [2.05, 4.69) is 93.4 Å². The zero-order chi connectivity index (χ0) is 86.0. The van der Waals surface area contributed by atoms with E-state index in [-0.39, 0.29) is 63.9 Å². The second-order valence-electron chi connectivity index (χ2n) is 31.8. The molecule has 0 saturated carbocycles. The summed E-state index contributed by atoms with van der Waals surface area (Å²) >= 11 is 0. The summed E-state index contributed by atoms with van der Waals surface area (Å²) in [6, 6.07) is 21.8. The van der Waals surface area contributed by atoms with E-state index >= 15 is 24.0 Å². The molecule has 0 radical (unpaired) electrons. The van der Waals surface area contributed by atoms with E-state index in [4.69, 9.17) is 16.9 Å². The Hall–Kier alpha value is -13.6. The Balaban J connectivity index is 0.815. The van der Waals surface area contributed by atoms with Gasteiger partial charge in [0.15, 0.2) is 5.96 Å². The van der Waals surface area contributed by atoms with Gasteiger partial charge >= 0.3 is 5.97 Å². The molecule has 23 N–H and O–H groups in total. The first kappa shape index (κ1) is 87.3. The minimum atomic E-state index is -1.50. The van der Waals surface area contributed by atoms with Crippen LogP contribution in [0, 0.1) is 29.1 Å². The first-order valence-electron chi connectivity index (χ1n) is 40.3. The van der Waals surface area contributed by atoms with E-state index in [1.54, 1.807) is 86.4 Å². The van der Waals surface area contributed by atoms with Crippen LogP contribution in [0.1, 0.15) is 102 Å². The number of carboxylic acid groups (broad SMARTS) is 1. The molecule has 5 aromatic carbocycles. The predicted molar refractivity (Wildman–Crippen MR) is 456 cm³/mol. The molecule has 0 spiro atoms. The normalized spacial score (nSPS) is 14.4. The number of aliphatic carboxylic acids is 1. The highest BCUT2D eigenvalue weighted by Gasteiger charge is 2.40. The van der Waals surface area contributed by atoms with Crippen LogP contribution in [0.25, 0.3) is 54.5 Å².